The molecule has 0 fully saturated rings. The second-order valence-corrected chi connectivity index (χ2v) is 9.59. The first-order chi connectivity index (χ1) is 16.1. The second-order valence-electron chi connectivity index (χ2n) is 7.62. The fraction of sp³-hybridized carbons (Fsp3) is 0.200. The Labute approximate surface area is 199 Å². The molecule has 0 aliphatic rings. The first kappa shape index (κ1) is 24.8. The monoisotopic (exact) mass is 482 g/mol. The third-order valence-electron chi connectivity index (χ3n) is 5.29. The highest BCUT2D eigenvalue weighted by Gasteiger charge is 2.23. The van der Waals surface area contributed by atoms with Gasteiger partial charge in [0.05, 0.1) is 23.3 Å². The molecule has 34 heavy (non-hydrogen) atoms. The van der Waals surface area contributed by atoms with E-state index in [0.29, 0.717) is 17.1 Å². The Morgan fingerprint density at radius 3 is 2.29 bits per heavy atom. The Balaban J connectivity index is 1.67. The maximum absolute atomic E-state index is 13.1. The Kier molecular flexibility index (Phi) is 7.57. The van der Waals surface area contributed by atoms with Crippen LogP contribution in [0.1, 0.15) is 21.5 Å². The SMILES string of the molecule is COc1ccc(N(C)S(=O)(=O)c2cccc(C(=O)OCC(=O)Nc3ccc(C)c(C)c3)c2)cc1. The highest BCUT2D eigenvalue weighted by atomic mass is 32.2. The topological polar surface area (TPSA) is 102 Å². The molecule has 0 atom stereocenters. The first-order valence-electron chi connectivity index (χ1n) is 10.4. The standard InChI is InChI=1S/C25H26N2O6S/c1-17-8-9-20(14-18(17)2)26-24(28)16-33-25(29)19-6-5-7-23(15-19)34(30,31)27(3)21-10-12-22(32-4)13-11-21/h5-15H,16H2,1-4H3,(H,26,28). The van der Waals surface area contributed by atoms with Gasteiger partial charge in [-0.05, 0) is 79.6 Å². The number of amides is 1. The summed E-state index contributed by atoms with van der Waals surface area (Å²) in [4.78, 5) is 24.5. The first-order valence-corrected chi connectivity index (χ1v) is 11.8. The van der Waals surface area contributed by atoms with Gasteiger partial charge in [0.1, 0.15) is 5.75 Å². The minimum absolute atomic E-state index is 0.0168. The number of anilines is 2. The van der Waals surface area contributed by atoms with Crippen LogP contribution in [0.5, 0.6) is 5.75 Å². The van der Waals surface area contributed by atoms with Crippen molar-refractivity contribution >= 4 is 33.3 Å². The maximum Gasteiger partial charge on any atom is 0.338 e. The number of nitrogens with one attached hydrogen (secondary N) is 1. The van der Waals surface area contributed by atoms with Crippen molar-refractivity contribution in [1.29, 1.82) is 0 Å². The van der Waals surface area contributed by atoms with Gasteiger partial charge in [-0.3, -0.25) is 9.10 Å². The van der Waals surface area contributed by atoms with E-state index < -0.39 is 28.5 Å². The number of hydrogen-bond acceptors (Lipinski definition) is 6. The smallest absolute Gasteiger partial charge is 0.338 e. The molecule has 1 amide bonds. The highest BCUT2D eigenvalue weighted by molar-refractivity contribution is 7.92. The summed E-state index contributed by atoms with van der Waals surface area (Å²) >= 11 is 0. The Morgan fingerprint density at radius 2 is 1.65 bits per heavy atom. The van der Waals surface area contributed by atoms with E-state index in [1.807, 2.05) is 26.0 Å². The van der Waals surface area contributed by atoms with Crippen molar-refractivity contribution < 1.29 is 27.5 Å². The highest BCUT2D eigenvalue weighted by Crippen LogP contribution is 2.25. The van der Waals surface area contributed by atoms with E-state index in [1.54, 1.807) is 30.3 Å². The molecule has 3 aromatic carbocycles. The number of carbonyl (C=O) groups is 2. The number of ether oxygens (including phenoxy) is 2. The summed E-state index contributed by atoms with van der Waals surface area (Å²) in [5.41, 5.74) is 3.16. The zero-order valence-electron chi connectivity index (χ0n) is 19.4. The fourth-order valence-corrected chi connectivity index (χ4v) is 4.35. The lowest BCUT2D eigenvalue weighted by Crippen LogP contribution is -2.27. The van der Waals surface area contributed by atoms with Crippen LogP contribution < -0.4 is 14.4 Å². The number of aryl methyl sites for hydroxylation is 2. The molecule has 178 valence electrons. The number of carbonyl (C=O) groups excluding carboxylic acids is 2. The third kappa shape index (κ3) is 5.74. The minimum Gasteiger partial charge on any atom is -0.497 e. The summed E-state index contributed by atoms with van der Waals surface area (Å²) in [5.74, 6) is -0.708. The molecule has 0 bridgehead atoms. The molecule has 0 saturated heterocycles. The van der Waals surface area contributed by atoms with Gasteiger partial charge in [0, 0.05) is 12.7 Å². The summed E-state index contributed by atoms with van der Waals surface area (Å²) in [6.45, 7) is 3.39. The normalized spacial score (nSPS) is 10.9. The van der Waals surface area contributed by atoms with Crippen molar-refractivity contribution in [2.45, 2.75) is 18.7 Å². The van der Waals surface area contributed by atoms with Gasteiger partial charge in [0.15, 0.2) is 6.61 Å². The van der Waals surface area contributed by atoms with E-state index >= 15 is 0 Å². The lowest BCUT2D eigenvalue weighted by atomic mass is 10.1. The number of benzene rings is 3. The van der Waals surface area contributed by atoms with Crippen LogP contribution in [0.25, 0.3) is 0 Å². The molecule has 0 heterocycles. The van der Waals surface area contributed by atoms with Gasteiger partial charge in [-0.1, -0.05) is 12.1 Å². The van der Waals surface area contributed by atoms with Gasteiger partial charge in [-0.15, -0.1) is 0 Å². The molecule has 0 aliphatic heterocycles. The molecule has 0 aromatic heterocycles. The van der Waals surface area contributed by atoms with E-state index in [2.05, 4.69) is 5.32 Å². The average Bonchev–Trinajstić information content (AvgIpc) is 2.84. The number of sulfonamides is 1. The molecular weight excluding hydrogens is 456 g/mol. The molecule has 0 aliphatic carbocycles. The zero-order valence-corrected chi connectivity index (χ0v) is 20.2. The van der Waals surface area contributed by atoms with Gasteiger partial charge < -0.3 is 14.8 Å². The Hall–Kier alpha value is -3.85. The minimum atomic E-state index is -3.94. The Bertz CT molecular complexity index is 1300. The van der Waals surface area contributed by atoms with Gasteiger partial charge in [-0.25, -0.2) is 13.2 Å². The zero-order chi connectivity index (χ0) is 24.9. The lowest BCUT2D eigenvalue weighted by molar-refractivity contribution is -0.119. The maximum atomic E-state index is 13.1. The van der Waals surface area contributed by atoms with Crippen LogP contribution in [0.3, 0.4) is 0 Å². The van der Waals surface area contributed by atoms with E-state index in [-0.39, 0.29) is 10.5 Å². The molecule has 8 nitrogen and oxygen atoms in total. The van der Waals surface area contributed by atoms with Crippen LogP contribution in [0.4, 0.5) is 11.4 Å². The summed E-state index contributed by atoms with van der Waals surface area (Å²) in [7, 11) is -1.00. The lowest BCUT2D eigenvalue weighted by Gasteiger charge is -2.20. The van der Waals surface area contributed by atoms with Crippen LogP contribution in [0, 0.1) is 13.8 Å². The summed E-state index contributed by atoms with van der Waals surface area (Å²) in [5, 5.41) is 2.67. The van der Waals surface area contributed by atoms with Gasteiger partial charge in [-0.2, -0.15) is 0 Å². The van der Waals surface area contributed by atoms with Crippen LogP contribution in [-0.4, -0.2) is 41.1 Å². The van der Waals surface area contributed by atoms with Crippen molar-refractivity contribution in [3.63, 3.8) is 0 Å². The van der Waals surface area contributed by atoms with Crippen LogP contribution in [-0.2, 0) is 19.6 Å². The largest absolute Gasteiger partial charge is 0.497 e. The molecule has 3 aromatic rings. The van der Waals surface area contributed by atoms with Crippen LogP contribution in [0.15, 0.2) is 71.6 Å². The van der Waals surface area contributed by atoms with Crippen molar-refractivity contribution in [2.24, 2.45) is 0 Å². The Morgan fingerprint density at radius 1 is 0.941 bits per heavy atom. The van der Waals surface area contributed by atoms with Crippen LogP contribution in [0.2, 0.25) is 0 Å². The predicted molar refractivity (Wildman–Crippen MR) is 130 cm³/mol. The molecule has 1 N–H and O–H groups in total. The summed E-state index contributed by atoms with van der Waals surface area (Å²) in [6, 6.07) is 17.5. The summed E-state index contributed by atoms with van der Waals surface area (Å²) < 4.78 is 37.4. The van der Waals surface area contributed by atoms with Crippen molar-refractivity contribution in [3.8, 4) is 5.75 Å². The van der Waals surface area contributed by atoms with Gasteiger partial charge in [0.2, 0.25) is 0 Å². The third-order valence-corrected chi connectivity index (χ3v) is 7.07. The second kappa shape index (κ2) is 10.4. The van der Waals surface area contributed by atoms with Crippen molar-refractivity contribution in [1.82, 2.24) is 0 Å². The molecule has 0 unspecified atom stereocenters. The average molecular weight is 483 g/mol. The molecule has 0 radical (unpaired) electrons. The molecular formula is C25H26N2O6S. The van der Waals surface area contributed by atoms with Gasteiger partial charge in [0.25, 0.3) is 15.9 Å². The van der Waals surface area contributed by atoms with Crippen LogP contribution >= 0.6 is 0 Å². The van der Waals surface area contributed by atoms with E-state index in [0.717, 1.165) is 15.4 Å². The van der Waals surface area contributed by atoms with E-state index in [1.165, 1.54) is 38.4 Å². The molecule has 9 heteroatoms. The fourth-order valence-electron chi connectivity index (χ4n) is 3.10. The number of esters is 1. The molecule has 0 spiro atoms. The number of nitrogens with zero attached hydrogens (tertiary/aromatic N) is 1. The van der Waals surface area contributed by atoms with Crippen molar-refractivity contribution in [3.05, 3.63) is 83.4 Å². The predicted octanol–water partition coefficient (Wildman–Crippen LogP) is 3.93. The van der Waals surface area contributed by atoms with Crippen molar-refractivity contribution in [2.75, 3.05) is 30.4 Å². The quantitative estimate of drug-likeness (QED) is 0.488. The molecule has 0 saturated carbocycles. The molecule has 3 rings (SSSR count). The van der Waals surface area contributed by atoms with Gasteiger partial charge >= 0.3 is 5.97 Å². The van der Waals surface area contributed by atoms with E-state index in [4.69, 9.17) is 9.47 Å². The van der Waals surface area contributed by atoms with E-state index in [9.17, 15) is 18.0 Å². The number of hydrogen-bond donors (Lipinski definition) is 1. The summed E-state index contributed by atoms with van der Waals surface area (Å²) in [6.07, 6.45) is 0. The number of methoxy groups -OCH3 is 1. The number of rotatable bonds is 8.